The molecule has 0 amide bonds. The van der Waals surface area contributed by atoms with Crippen molar-refractivity contribution in [3.63, 3.8) is 0 Å². The highest BCUT2D eigenvalue weighted by molar-refractivity contribution is 9.10. The van der Waals surface area contributed by atoms with Gasteiger partial charge in [-0.2, -0.15) is 21.0 Å². The molecule has 8 heterocycles. The van der Waals surface area contributed by atoms with Crippen LogP contribution in [-0.2, 0) is 46.1 Å². The van der Waals surface area contributed by atoms with Crippen molar-refractivity contribution in [2.24, 2.45) is 0 Å². The lowest BCUT2D eigenvalue weighted by molar-refractivity contribution is 0.00578. The molecule has 3 saturated heterocycles. The Morgan fingerprint density at radius 3 is 1.13 bits per heavy atom. The van der Waals surface area contributed by atoms with Gasteiger partial charge in [-0.05, 0) is 234 Å². The molecule has 11 aromatic rings. The van der Waals surface area contributed by atoms with Crippen molar-refractivity contribution in [3.8, 4) is 80.4 Å². The van der Waals surface area contributed by atoms with Crippen molar-refractivity contribution in [2.45, 2.75) is 135 Å². The first kappa shape index (κ1) is 94.8. The number of rotatable bonds is 14. The van der Waals surface area contributed by atoms with Gasteiger partial charge in [0.05, 0.1) is 71.6 Å². The molecule has 3 fully saturated rings. The Hall–Kier alpha value is -9.32. The Morgan fingerprint density at radius 2 is 0.812 bits per heavy atom. The summed E-state index contributed by atoms with van der Waals surface area (Å²) in [5.74, 6) is 0.823. The summed E-state index contributed by atoms with van der Waals surface area (Å²) in [6.45, 7) is 24.2. The topological polar surface area (TPSA) is 295 Å². The van der Waals surface area contributed by atoms with Gasteiger partial charge in [0.1, 0.15) is 75.7 Å². The standard InChI is InChI=1S/C20H15ClFN5O.C20H14ClFN2O.C14H11BrClFO.C12H24B2O4.C12H15BN2O2.C6H3BrN2.ClH.H3N/c1-28-17-8-6-14(19(22)18(17)13-3-2-4-15(21)10-13)9-12-5-7-16(23-11-12)20-24-26-27-25-20;1-25-18-8-6-15(9-13-5-7-17(11-23)24-12-13)20(22)19(18)14-3-2-4-16(21)10-14;1-18-12-6-5-10(8-15)14(17)13(12)9-3-2-4-11(16)7-9;1-9(2)10(3,4)16-13(15-9)14-17-11(5,6)12(7,8)18-14;1-11(2)12(3,4)17-13(16-11)9-5-6-10(7-14)15-8-9;7-5-1-2-6(3-8)9-4-5;;/h2-8,10-11H,9H2,1H3,(H,24,25,26,27);2-8,10,12H,9H2,1H3;2-7H,8H2,1H3;1-8H3;5-6,8H,1-4H3;1-2,4H;1H;1H3. The average Bonchev–Trinajstić information content (AvgIpc) is 1.60. The van der Waals surface area contributed by atoms with Gasteiger partial charge in [-0.25, -0.2) is 28.1 Å². The Bertz CT molecular complexity index is 5230. The molecule has 33 heteroatoms. The minimum atomic E-state index is -0.476. The van der Waals surface area contributed by atoms with Crippen LogP contribution in [-0.4, -0.2) is 117 Å². The van der Waals surface area contributed by atoms with Crippen molar-refractivity contribution < 1.29 is 55.3 Å². The summed E-state index contributed by atoms with van der Waals surface area (Å²) >= 11 is 24.5. The number of H-pyrrole nitrogens is 1. The molecule has 4 N–H and O–H groups in total. The largest absolute Gasteiger partial charge is 0.496 e. The Labute approximate surface area is 719 Å². The monoisotopic (exact) mass is 1790 g/mol. The van der Waals surface area contributed by atoms with Gasteiger partial charge in [-0.1, -0.05) is 124 Å². The molecule has 0 spiro atoms. The van der Waals surface area contributed by atoms with Gasteiger partial charge >= 0.3 is 21.1 Å². The second kappa shape index (κ2) is 41.4. The Morgan fingerprint density at radius 1 is 0.453 bits per heavy atom. The van der Waals surface area contributed by atoms with E-state index in [0.29, 0.717) is 129 Å². The Kier molecular flexibility index (Phi) is 33.5. The van der Waals surface area contributed by atoms with Crippen molar-refractivity contribution in [1.29, 1.82) is 15.8 Å². The number of aromatic nitrogens is 8. The third-order valence-corrected chi connectivity index (χ3v) is 21.6. The van der Waals surface area contributed by atoms with Crippen LogP contribution in [0.25, 0.3) is 44.9 Å². The lowest BCUT2D eigenvalue weighted by Crippen LogP contribution is -2.41. The van der Waals surface area contributed by atoms with Crippen LogP contribution in [0.15, 0.2) is 187 Å². The third-order valence-electron chi connectivity index (χ3n) is 19.9. The van der Waals surface area contributed by atoms with Gasteiger partial charge in [-0.3, -0.25) is 4.98 Å². The molecule has 14 rings (SSSR count). The predicted octanol–water partition coefficient (Wildman–Crippen LogP) is 20.2. The second-order valence-electron chi connectivity index (χ2n) is 29.2. The van der Waals surface area contributed by atoms with E-state index in [2.05, 4.69) is 72.4 Å². The molecule has 0 aliphatic carbocycles. The molecule has 3 aliphatic rings. The second-order valence-corrected chi connectivity index (χ2v) is 32.0. The smallest absolute Gasteiger partial charge is 0.496 e. The van der Waals surface area contributed by atoms with Crippen molar-refractivity contribution >= 4 is 106 Å². The van der Waals surface area contributed by atoms with E-state index in [9.17, 15) is 4.39 Å². The zero-order chi connectivity index (χ0) is 83.8. The van der Waals surface area contributed by atoms with Crippen LogP contribution in [0.1, 0.15) is 128 Å². The zero-order valence-corrected chi connectivity index (χ0v) is 73.2. The quantitative estimate of drug-likeness (QED) is 0.0755. The van der Waals surface area contributed by atoms with Crippen molar-refractivity contribution in [3.05, 3.63) is 264 Å². The first-order valence-corrected chi connectivity index (χ1v) is 38.9. The fraction of sp³-hybridized carbons (Fsp3) is 0.286. The highest BCUT2D eigenvalue weighted by atomic mass is 79.9. The number of benzene rings is 6. The number of methoxy groups -OCH3 is 3. The lowest BCUT2D eigenvalue weighted by atomic mass is 9.49. The number of hydrogen-bond acceptors (Lipinski definition) is 20. The number of nitriles is 3. The number of hydrogen-bond donors (Lipinski definition) is 2. The molecular formula is C84H86B3Br2Cl4F3N12O9. The fourth-order valence-electron chi connectivity index (χ4n) is 11.4. The number of nitrogens with one attached hydrogen (secondary N) is 1. The molecule has 608 valence electrons. The maximum Gasteiger partial charge on any atom is 0.496 e. The summed E-state index contributed by atoms with van der Waals surface area (Å²) in [7, 11) is 3.18. The van der Waals surface area contributed by atoms with E-state index < -0.39 is 21.1 Å². The van der Waals surface area contributed by atoms with Crippen LogP contribution >= 0.6 is 79.1 Å². The summed E-state index contributed by atoms with van der Waals surface area (Å²) in [5.41, 5.74) is 6.99. The van der Waals surface area contributed by atoms with Gasteiger partial charge in [0.25, 0.3) is 0 Å². The van der Waals surface area contributed by atoms with Crippen LogP contribution in [0, 0.1) is 51.4 Å². The maximum atomic E-state index is 15.3. The summed E-state index contributed by atoms with van der Waals surface area (Å²) < 4.78 is 97.3. The van der Waals surface area contributed by atoms with Gasteiger partial charge in [-0.15, -0.1) is 22.6 Å². The van der Waals surface area contributed by atoms with E-state index >= 15 is 8.78 Å². The summed E-state index contributed by atoms with van der Waals surface area (Å²) in [5, 5.41) is 41.6. The summed E-state index contributed by atoms with van der Waals surface area (Å²) in [6, 6.07) is 51.3. The fourth-order valence-corrected chi connectivity index (χ4v) is 12.7. The number of nitrogens with zero attached hydrogens (tertiary/aromatic N) is 10. The van der Waals surface area contributed by atoms with E-state index in [1.165, 1.54) is 21.3 Å². The lowest BCUT2D eigenvalue weighted by Gasteiger charge is -2.32. The van der Waals surface area contributed by atoms with Gasteiger partial charge in [0, 0.05) is 68.0 Å². The van der Waals surface area contributed by atoms with E-state index in [-0.39, 0.29) is 69.6 Å². The predicted molar refractivity (Wildman–Crippen MR) is 461 cm³/mol. The van der Waals surface area contributed by atoms with E-state index in [4.69, 9.17) is 92.7 Å². The Balaban J connectivity index is 0.000000198. The number of halogens is 9. The van der Waals surface area contributed by atoms with E-state index in [1.807, 2.05) is 119 Å². The van der Waals surface area contributed by atoms with Crippen molar-refractivity contribution in [2.75, 3.05) is 21.3 Å². The zero-order valence-electron chi connectivity index (χ0n) is 67.0. The van der Waals surface area contributed by atoms with E-state index in [0.717, 1.165) is 21.1 Å². The molecule has 0 atom stereocenters. The van der Waals surface area contributed by atoms with Gasteiger partial charge < -0.3 is 48.3 Å². The first-order chi connectivity index (χ1) is 54.5. The molecule has 21 nitrogen and oxygen atoms in total. The number of ether oxygens (including phenoxy) is 3. The molecule has 3 aliphatic heterocycles. The highest BCUT2D eigenvalue weighted by Gasteiger charge is 2.64. The van der Waals surface area contributed by atoms with Gasteiger partial charge in [0.2, 0.25) is 5.82 Å². The van der Waals surface area contributed by atoms with Crippen LogP contribution in [0.3, 0.4) is 0 Å². The van der Waals surface area contributed by atoms with Crippen LogP contribution in [0.2, 0.25) is 15.1 Å². The SMILES string of the molecule is CC1(C)OB(B2OC(C)(C)C(C)(C)O2)OC1(C)C.CC1(C)OB(c2ccc(C#N)nc2)OC1(C)C.COc1ccc(CBr)c(F)c1-c1cccc(Cl)c1.COc1ccc(Cc2ccc(-c3nn[nH]n3)nc2)c(F)c1-c1cccc(Cl)c1.COc1ccc(Cc2ccc(C#N)nc2)c(F)c1-c1cccc(Cl)c1.Cl.N.N#Cc1ccc(Br)cn1. The molecule has 5 aromatic heterocycles. The minimum absolute atomic E-state index is 0. The minimum Gasteiger partial charge on any atom is -0.496 e. The average molecular weight is 1800 g/mol. The van der Waals surface area contributed by atoms with E-state index in [1.54, 1.807) is 164 Å². The summed E-state index contributed by atoms with van der Waals surface area (Å²) in [4.78, 5) is 16.2. The number of tetrazole rings is 1. The summed E-state index contributed by atoms with van der Waals surface area (Å²) in [6.07, 6.45) is 7.22. The normalized spacial score (nSPS) is 15.1. The first-order valence-electron chi connectivity index (χ1n) is 35.9. The number of alkyl halides is 1. The molecule has 117 heavy (non-hydrogen) atoms. The number of aromatic amines is 1. The molecular weight excluding hydrogens is 1710 g/mol. The molecule has 0 bridgehead atoms. The van der Waals surface area contributed by atoms with Gasteiger partial charge in [0.15, 0.2) is 0 Å². The molecule has 0 unspecified atom stereocenters. The third kappa shape index (κ3) is 23.8. The molecule has 0 saturated carbocycles. The van der Waals surface area contributed by atoms with Crippen LogP contribution < -0.4 is 25.8 Å². The molecule has 0 radical (unpaired) electrons. The van der Waals surface area contributed by atoms with Crippen LogP contribution in [0.4, 0.5) is 13.2 Å². The van der Waals surface area contributed by atoms with Crippen LogP contribution in [0.5, 0.6) is 17.2 Å². The maximum absolute atomic E-state index is 15.3. The number of pyridine rings is 4. The molecule has 6 aromatic carbocycles. The highest BCUT2D eigenvalue weighted by Crippen LogP contribution is 2.45. The van der Waals surface area contributed by atoms with Crippen molar-refractivity contribution in [1.82, 2.24) is 46.7 Å².